The number of benzene rings is 1. The van der Waals surface area contributed by atoms with E-state index in [1.165, 1.54) is 4.31 Å². The van der Waals surface area contributed by atoms with Crippen molar-refractivity contribution in [2.75, 3.05) is 13.1 Å². The van der Waals surface area contributed by atoms with Crippen molar-refractivity contribution in [3.8, 4) is 17.5 Å². The average Bonchev–Trinajstić information content (AvgIpc) is 3.46. The van der Waals surface area contributed by atoms with Gasteiger partial charge < -0.3 is 19.1 Å². The van der Waals surface area contributed by atoms with E-state index >= 15 is 0 Å². The molecule has 1 aromatic carbocycles. The van der Waals surface area contributed by atoms with Gasteiger partial charge in [-0.25, -0.2) is 13.1 Å². The number of ether oxygens (including phenoxy) is 2. The maximum atomic E-state index is 13.3. The lowest BCUT2D eigenvalue weighted by molar-refractivity contribution is -0.137. The molecule has 39 heavy (non-hydrogen) atoms. The average molecular weight is 554 g/mol. The summed E-state index contributed by atoms with van der Waals surface area (Å²) in [6.45, 7) is 4.30. The zero-order chi connectivity index (χ0) is 27.7. The molecule has 0 amide bonds. The number of pyridine rings is 1. The SMILES string of the molecule is CC(C)Oc1ccc(S(=O)(=O)N2CCC(c3cn(CC(=O)O)c4nc(Oc5ccnn5C)ccc34)CC2)cc1. The standard InChI is InChI=1S/C27H31N5O6S/c1-18(2)37-20-4-6-21(7-5-20)39(35,36)32-14-11-19(12-15-32)23-16-31(17-26(33)34)27-22(23)8-9-24(29-27)38-25-10-13-28-30(25)3/h4-10,13,16,18-19H,11-12,14-15,17H2,1-3H3,(H,33,34). The van der Waals surface area contributed by atoms with E-state index in [9.17, 15) is 18.3 Å². The molecule has 3 aromatic heterocycles. The summed E-state index contributed by atoms with van der Waals surface area (Å²) in [6, 6.07) is 11.8. The first kappa shape index (κ1) is 26.7. The van der Waals surface area contributed by atoms with Crippen LogP contribution in [0.2, 0.25) is 0 Å². The Morgan fingerprint density at radius 3 is 2.44 bits per heavy atom. The highest BCUT2D eigenvalue weighted by Gasteiger charge is 2.31. The monoisotopic (exact) mass is 553 g/mol. The van der Waals surface area contributed by atoms with E-state index in [0.29, 0.717) is 49.1 Å². The number of rotatable bonds is 9. The first-order valence-electron chi connectivity index (χ1n) is 12.8. The van der Waals surface area contributed by atoms with Gasteiger partial charge in [0.1, 0.15) is 17.9 Å². The van der Waals surface area contributed by atoms with Crippen molar-refractivity contribution < 1.29 is 27.8 Å². The van der Waals surface area contributed by atoms with Crippen LogP contribution in [0.3, 0.4) is 0 Å². The molecule has 1 saturated heterocycles. The van der Waals surface area contributed by atoms with Gasteiger partial charge in [-0.1, -0.05) is 0 Å². The molecule has 0 unspecified atom stereocenters. The van der Waals surface area contributed by atoms with Crippen LogP contribution in [0, 0.1) is 0 Å². The van der Waals surface area contributed by atoms with E-state index in [0.717, 1.165) is 10.9 Å². The van der Waals surface area contributed by atoms with E-state index in [2.05, 4.69) is 10.1 Å². The fourth-order valence-corrected chi connectivity index (χ4v) is 6.38. The largest absolute Gasteiger partial charge is 0.491 e. The van der Waals surface area contributed by atoms with Crippen LogP contribution in [0.4, 0.5) is 0 Å². The van der Waals surface area contributed by atoms with Gasteiger partial charge in [-0.15, -0.1) is 0 Å². The molecule has 1 aliphatic rings. The second kappa shape index (κ2) is 10.7. The lowest BCUT2D eigenvalue weighted by atomic mass is 9.90. The Hall–Kier alpha value is -3.90. The summed E-state index contributed by atoms with van der Waals surface area (Å²) in [5.74, 6) is 0.537. The zero-order valence-electron chi connectivity index (χ0n) is 22.0. The summed E-state index contributed by atoms with van der Waals surface area (Å²) >= 11 is 0. The molecule has 12 heteroatoms. The summed E-state index contributed by atoms with van der Waals surface area (Å²) in [7, 11) is -1.89. The number of aliphatic carboxylic acids is 1. The van der Waals surface area contributed by atoms with Crippen molar-refractivity contribution in [1.82, 2.24) is 23.6 Å². The summed E-state index contributed by atoms with van der Waals surface area (Å²) in [5, 5.41) is 14.4. The Labute approximate surface area is 226 Å². The minimum Gasteiger partial charge on any atom is -0.491 e. The quantitative estimate of drug-likeness (QED) is 0.329. The lowest BCUT2D eigenvalue weighted by Gasteiger charge is -2.31. The van der Waals surface area contributed by atoms with Crippen molar-refractivity contribution >= 4 is 27.0 Å². The summed E-state index contributed by atoms with van der Waals surface area (Å²) < 4.78 is 42.7. The van der Waals surface area contributed by atoms with Crippen molar-refractivity contribution in [3.05, 3.63) is 60.4 Å². The van der Waals surface area contributed by atoms with E-state index in [-0.39, 0.29) is 23.5 Å². The maximum absolute atomic E-state index is 13.3. The number of sulfonamides is 1. The number of aromatic nitrogens is 4. The van der Waals surface area contributed by atoms with Crippen LogP contribution in [0.25, 0.3) is 11.0 Å². The third kappa shape index (κ3) is 5.62. The normalized spacial score (nSPS) is 15.2. The van der Waals surface area contributed by atoms with Crippen molar-refractivity contribution in [2.24, 2.45) is 7.05 Å². The van der Waals surface area contributed by atoms with Gasteiger partial charge in [-0.05, 0) is 68.5 Å². The smallest absolute Gasteiger partial charge is 0.323 e. The van der Waals surface area contributed by atoms with Crippen molar-refractivity contribution in [3.63, 3.8) is 0 Å². The number of nitrogens with zero attached hydrogens (tertiary/aromatic N) is 5. The molecule has 0 atom stereocenters. The van der Waals surface area contributed by atoms with Gasteiger partial charge in [-0.3, -0.25) is 4.79 Å². The Balaban J connectivity index is 1.35. The Morgan fingerprint density at radius 2 is 1.82 bits per heavy atom. The van der Waals surface area contributed by atoms with Crippen molar-refractivity contribution in [1.29, 1.82) is 0 Å². The molecule has 0 aliphatic carbocycles. The van der Waals surface area contributed by atoms with Crippen LogP contribution < -0.4 is 9.47 Å². The second-order valence-electron chi connectivity index (χ2n) is 9.84. The summed E-state index contributed by atoms with van der Waals surface area (Å²) in [5.41, 5.74) is 1.46. The Kier molecular flexibility index (Phi) is 7.32. The molecule has 0 bridgehead atoms. The number of hydrogen-bond acceptors (Lipinski definition) is 7. The van der Waals surface area contributed by atoms with Crippen LogP contribution >= 0.6 is 0 Å². The van der Waals surface area contributed by atoms with Gasteiger partial charge in [0.25, 0.3) is 0 Å². The molecule has 0 spiro atoms. The second-order valence-corrected chi connectivity index (χ2v) is 11.8. The molecular weight excluding hydrogens is 522 g/mol. The number of aryl methyl sites for hydroxylation is 1. The molecule has 1 aliphatic heterocycles. The minimum absolute atomic E-state index is 0.00300. The fourth-order valence-electron chi connectivity index (χ4n) is 4.91. The number of carboxylic acids is 1. The van der Waals surface area contributed by atoms with Crippen LogP contribution in [0.15, 0.2) is 59.8 Å². The highest BCUT2D eigenvalue weighted by atomic mass is 32.2. The molecule has 1 fully saturated rings. The third-order valence-electron chi connectivity index (χ3n) is 6.75. The molecule has 11 nitrogen and oxygen atoms in total. The molecule has 4 heterocycles. The van der Waals surface area contributed by atoms with E-state index in [4.69, 9.17) is 9.47 Å². The first-order chi connectivity index (χ1) is 18.6. The highest BCUT2D eigenvalue weighted by molar-refractivity contribution is 7.89. The Bertz CT molecular complexity index is 1580. The number of carbonyl (C=O) groups is 1. The van der Waals surface area contributed by atoms with Gasteiger partial charge in [0, 0.05) is 43.9 Å². The van der Waals surface area contributed by atoms with E-state index in [1.54, 1.807) is 58.9 Å². The predicted molar refractivity (Wildman–Crippen MR) is 144 cm³/mol. The van der Waals surface area contributed by atoms with Gasteiger partial charge in [0.05, 0.1) is 17.2 Å². The lowest BCUT2D eigenvalue weighted by Crippen LogP contribution is -2.37. The Morgan fingerprint density at radius 1 is 1.10 bits per heavy atom. The highest BCUT2D eigenvalue weighted by Crippen LogP contribution is 2.36. The van der Waals surface area contributed by atoms with Gasteiger partial charge in [0.15, 0.2) is 0 Å². The predicted octanol–water partition coefficient (Wildman–Crippen LogP) is 4.00. The molecule has 5 rings (SSSR count). The van der Waals surface area contributed by atoms with Crippen LogP contribution in [0.1, 0.15) is 38.2 Å². The topological polar surface area (TPSA) is 129 Å². The fraction of sp³-hybridized carbons (Fsp3) is 0.370. The van der Waals surface area contributed by atoms with E-state index in [1.807, 2.05) is 26.1 Å². The summed E-state index contributed by atoms with van der Waals surface area (Å²) in [4.78, 5) is 16.4. The van der Waals surface area contributed by atoms with Gasteiger partial charge >= 0.3 is 5.97 Å². The number of carboxylic acid groups (broad SMARTS) is 1. The van der Waals surface area contributed by atoms with Crippen LogP contribution in [-0.2, 0) is 28.4 Å². The summed E-state index contributed by atoms with van der Waals surface area (Å²) in [6.07, 6.45) is 4.65. The van der Waals surface area contributed by atoms with E-state index < -0.39 is 16.0 Å². The third-order valence-corrected chi connectivity index (χ3v) is 8.66. The first-order valence-corrected chi connectivity index (χ1v) is 14.2. The minimum atomic E-state index is -3.64. The maximum Gasteiger partial charge on any atom is 0.323 e. The van der Waals surface area contributed by atoms with Gasteiger partial charge in [-0.2, -0.15) is 14.4 Å². The molecular formula is C27H31N5O6S. The number of fused-ring (bicyclic) bond motifs is 1. The van der Waals surface area contributed by atoms with Crippen molar-refractivity contribution in [2.45, 2.75) is 50.2 Å². The molecule has 1 N–H and O–H groups in total. The molecule has 206 valence electrons. The van der Waals surface area contributed by atoms with Crippen LogP contribution in [0.5, 0.6) is 17.5 Å². The molecule has 4 aromatic rings. The zero-order valence-corrected chi connectivity index (χ0v) is 22.8. The number of hydrogen-bond donors (Lipinski definition) is 1. The van der Waals surface area contributed by atoms with Crippen LogP contribution in [-0.4, -0.2) is 62.3 Å². The molecule has 0 saturated carbocycles. The van der Waals surface area contributed by atoms with Gasteiger partial charge in [0.2, 0.25) is 21.8 Å². The number of piperidine rings is 1. The molecule has 0 radical (unpaired) electrons.